The predicted molar refractivity (Wildman–Crippen MR) is 104 cm³/mol. The molecule has 0 amide bonds. The van der Waals surface area contributed by atoms with Crippen LogP contribution in [-0.4, -0.2) is 35.7 Å². The Kier molecular flexibility index (Phi) is 4.66. The smallest absolute Gasteiger partial charge is 0.320 e. The number of carbonyl (C=O) groups is 1. The summed E-state index contributed by atoms with van der Waals surface area (Å²) in [4.78, 5) is 15.1. The number of fused-ring (bicyclic) bond motifs is 1. The summed E-state index contributed by atoms with van der Waals surface area (Å²) < 4.78 is 6.82. The van der Waals surface area contributed by atoms with Crippen LogP contribution in [0.3, 0.4) is 0 Å². The van der Waals surface area contributed by atoms with Crippen molar-refractivity contribution in [3.63, 3.8) is 0 Å². The number of rotatable bonds is 5. The number of benzene rings is 2. The molecule has 5 heteroatoms. The third-order valence-electron chi connectivity index (χ3n) is 5.06. The van der Waals surface area contributed by atoms with Gasteiger partial charge in [0.1, 0.15) is 11.8 Å². The lowest BCUT2D eigenvalue weighted by Crippen LogP contribution is -2.39. The van der Waals surface area contributed by atoms with E-state index in [1.807, 2.05) is 36.4 Å². The van der Waals surface area contributed by atoms with Gasteiger partial charge in [0.25, 0.3) is 0 Å². The average molecular weight is 367 g/mol. The van der Waals surface area contributed by atoms with Crippen molar-refractivity contribution in [1.29, 1.82) is 0 Å². The van der Waals surface area contributed by atoms with E-state index < -0.39 is 12.0 Å². The first-order valence-corrected chi connectivity index (χ1v) is 9.60. The molecule has 0 bridgehead atoms. The second-order valence-electron chi connectivity index (χ2n) is 6.57. The highest BCUT2D eigenvalue weighted by atomic mass is 32.1. The minimum absolute atomic E-state index is 0.118. The van der Waals surface area contributed by atoms with E-state index in [4.69, 9.17) is 4.74 Å². The second kappa shape index (κ2) is 7.09. The van der Waals surface area contributed by atoms with Crippen molar-refractivity contribution < 1.29 is 14.6 Å². The second-order valence-corrected chi connectivity index (χ2v) is 7.68. The van der Waals surface area contributed by atoms with Gasteiger partial charge in [-0.25, -0.2) is 0 Å². The Morgan fingerprint density at radius 1 is 1.23 bits per heavy atom. The summed E-state index contributed by atoms with van der Waals surface area (Å²) in [6.07, 6.45) is 1.58. The van der Waals surface area contributed by atoms with Gasteiger partial charge in [0, 0.05) is 21.7 Å². The SMILES string of the molecule is COc1ccccc1C(c1cc2ccccc2s1)N1CCCC1C(=O)O. The molecule has 2 atom stereocenters. The third kappa shape index (κ3) is 2.97. The van der Waals surface area contributed by atoms with Crippen molar-refractivity contribution in [2.24, 2.45) is 0 Å². The van der Waals surface area contributed by atoms with Gasteiger partial charge in [-0.2, -0.15) is 0 Å². The van der Waals surface area contributed by atoms with Crippen LogP contribution in [0.4, 0.5) is 0 Å². The fraction of sp³-hybridized carbons (Fsp3) is 0.286. The molecule has 0 saturated carbocycles. The van der Waals surface area contributed by atoms with Crippen LogP contribution in [-0.2, 0) is 4.79 Å². The summed E-state index contributed by atoms with van der Waals surface area (Å²) in [5, 5.41) is 10.9. The number of aliphatic carboxylic acids is 1. The Morgan fingerprint density at radius 2 is 2.00 bits per heavy atom. The van der Waals surface area contributed by atoms with Crippen molar-refractivity contribution in [2.75, 3.05) is 13.7 Å². The van der Waals surface area contributed by atoms with E-state index >= 15 is 0 Å². The normalized spacial score (nSPS) is 18.9. The lowest BCUT2D eigenvalue weighted by molar-refractivity contribution is -0.142. The molecule has 2 heterocycles. The number of methoxy groups -OCH3 is 1. The molecule has 4 nitrogen and oxygen atoms in total. The van der Waals surface area contributed by atoms with Crippen LogP contribution in [0.1, 0.15) is 29.3 Å². The number of ether oxygens (including phenoxy) is 1. The maximum absolute atomic E-state index is 11.8. The molecule has 1 aliphatic heterocycles. The summed E-state index contributed by atoms with van der Waals surface area (Å²) in [5.74, 6) is 0.0505. The van der Waals surface area contributed by atoms with Crippen molar-refractivity contribution in [1.82, 2.24) is 4.90 Å². The van der Waals surface area contributed by atoms with E-state index in [0.717, 1.165) is 29.2 Å². The number of thiophene rings is 1. The van der Waals surface area contributed by atoms with E-state index in [9.17, 15) is 9.90 Å². The van der Waals surface area contributed by atoms with E-state index in [-0.39, 0.29) is 6.04 Å². The zero-order valence-corrected chi connectivity index (χ0v) is 15.4. The van der Waals surface area contributed by atoms with Crippen molar-refractivity contribution in [3.05, 3.63) is 65.0 Å². The van der Waals surface area contributed by atoms with Gasteiger partial charge >= 0.3 is 5.97 Å². The Morgan fingerprint density at radius 3 is 2.77 bits per heavy atom. The van der Waals surface area contributed by atoms with Crippen molar-refractivity contribution in [3.8, 4) is 5.75 Å². The summed E-state index contributed by atoms with van der Waals surface area (Å²) >= 11 is 1.73. The van der Waals surface area contributed by atoms with Gasteiger partial charge in [0.2, 0.25) is 0 Å². The molecule has 0 aliphatic carbocycles. The number of hydrogen-bond donors (Lipinski definition) is 1. The fourth-order valence-corrected chi connectivity index (χ4v) is 5.09. The van der Waals surface area contributed by atoms with Crippen LogP contribution in [0.25, 0.3) is 10.1 Å². The van der Waals surface area contributed by atoms with Gasteiger partial charge in [-0.3, -0.25) is 9.69 Å². The molecule has 1 N–H and O–H groups in total. The molecule has 2 unspecified atom stereocenters. The zero-order chi connectivity index (χ0) is 18.1. The van der Waals surface area contributed by atoms with Crippen LogP contribution in [0.15, 0.2) is 54.6 Å². The predicted octanol–water partition coefficient (Wildman–Crippen LogP) is 4.55. The standard InChI is InChI=1S/C21H21NO3S/c1-25-17-10-4-3-8-15(17)20(22-12-6-9-16(22)21(23)24)19-13-14-7-2-5-11-18(14)26-19/h2-5,7-8,10-11,13,16,20H,6,9,12H2,1H3,(H,23,24). The molecule has 1 aromatic heterocycles. The molecular weight excluding hydrogens is 346 g/mol. The monoisotopic (exact) mass is 367 g/mol. The number of para-hydroxylation sites is 1. The number of nitrogens with zero attached hydrogens (tertiary/aromatic N) is 1. The first-order chi connectivity index (χ1) is 12.7. The molecule has 3 aromatic rings. The van der Waals surface area contributed by atoms with Gasteiger partial charge in [-0.15, -0.1) is 11.3 Å². The highest BCUT2D eigenvalue weighted by molar-refractivity contribution is 7.19. The molecule has 2 aromatic carbocycles. The molecule has 1 fully saturated rings. The Bertz CT molecular complexity index is 903. The molecule has 1 saturated heterocycles. The van der Waals surface area contributed by atoms with E-state index in [1.54, 1.807) is 18.4 Å². The first kappa shape index (κ1) is 17.1. The first-order valence-electron chi connectivity index (χ1n) is 8.79. The van der Waals surface area contributed by atoms with Gasteiger partial charge < -0.3 is 9.84 Å². The minimum Gasteiger partial charge on any atom is -0.496 e. The number of likely N-dealkylation sites (tertiary alicyclic amines) is 1. The topological polar surface area (TPSA) is 49.8 Å². The number of hydrogen-bond acceptors (Lipinski definition) is 4. The Balaban J connectivity index is 1.87. The summed E-state index contributed by atoms with van der Waals surface area (Å²) in [6, 6.07) is 17.8. The van der Waals surface area contributed by atoms with E-state index in [1.165, 1.54) is 10.1 Å². The van der Waals surface area contributed by atoms with Gasteiger partial charge in [0.15, 0.2) is 0 Å². The molecule has 0 radical (unpaired) electrons. The molecular formula is C21H21NO3S. The van der Waals surface area contributed by atoms with Crippen molar-refractivity contribution >= 4 is 27.4 Å². The third-order valence-corrected chi connectivity index (χ3v) is 6.23. The van der Waals surface area contributed by atoms with Crippen LogP contribution in [0.2, 0.25) is 0 Å². The van der Waals surface area contributed by atoms with Crippen LogP contribution in [0, 0.1) is 0 Å². The lowest BCUT2D eigenvalue weighted by Gasteiger charge is -2.31. The van der Waals surface area contributed by atoms with E-state index in [0.29, 0.717) is 6.42 Å². The largest absolute Gasteiger partial charge is 0.496 e. The summed E-state index contributed by atoms with van der Waals surface area (Å²) in [5.41, 5.74) is 1.02. The molecule has 4 rings (SSSR count). The Hall–Kier alpha value is -2.37. The summed E-state index contributed by atoms with van der Waals surface area (Å²) in [7, 11) is 1.67. The van der Waals surface area contributed by atoms with Crippen LogP contribution in [0.5, 0.6) is 5.75 Å². The number of carboxylic acids is 1. The number of carboxylic acid groups (broad SMARTS) is 1. The van der Waals surface area contributed by atoms with Crippen molar-refractivity contribution in [2.45, 2.75) is 24.9 Å². The summed E-state index contributed by atoms with van der Waals surface area (Å²) in [6.45, 7) is 0.772. The van der Waals surface area contributed by atoms with Gasteiger partial charge in [0.05, 0.1) is 13.2 Å². The van der Waals surface area contributed by atoms with Gasteiger partial charge in [-0.1, -0.05) is 36.4 Å². The maximum Gasteiger partial charge on any atom is 0.320 e. The minimum atomic E-state index is -0.747. The van der Waals surface area contributed by atoms with Gasteiger partial charge in [-0.05, 0) is 36.4 Å². The highest BCUT2D eigenvalue weighted by Gasteiger charge is 2.38. The zero-order valence-electron chi connectivity index (χ0n) is 14.6. The average Bonchev–Trinajstić information content (AvgIpc) is 3.29. The van der Waals surface area contributed by atoms with Crippen LogP contribution >= 0.6 is 11.3 Å². The molecule has 134 valence electrons. The molecule has 26 heavy (non-hydrogen) atoms. The fourth-order valence-electron chi connectivity index (χ4n) is 3.89. The highest BCUT2D eigenvalue weighted by Crippen LogP contribution is 2.42. The Labute approximate surface area is 156 Å². The van der Waals surface area contributed by atoms with E-state index in [2.05, 4.69) is 23.1 Å². The molecule has 0 spiro atoms. The maximum atomic E-state index is 11.8. The van der Waals surface area contributed by atoms with Crippen LogP contribution < -0.4 is 4.74 Å². The quantitative estimate of drug-likeness (QED) is 0.719. The lowest BCUT2D eigenvalue weighted by atomic mass is 10.0. The molecule has 1 aliphatic rings.